The lowest BCUT2D eigenvalue weighted by Crippen LogP contribution is -2.54. The maximum Gasteiger partial charge on any atom is 0.248 e. The smallest absolute Gasteiger partial charge is 0.248 e. The third kappa shape index (κ3) is 3.82. The quantitative estimate of drug-likeness (QED) is 0.426. The number of nitrogens with zero attached hydrogens (tertiary/aromatic N) is 2. The summed E-state index contributed by atoms with van der Waals surface area (Å²) in [6, 6.07) is 6.38. The molecule has 10 heteroatoms. The van der Waals surface area contributed by atoms with Crippen molar-refractivity contribution >= 4 is 56.8 Å². The number of halogens is 1. The van der Waals surface area contributed by atoms with E-state index in [9.17, 15) is 19.5 Å². The number of fused-ring (bicyclic) bond motifs is 1. The minimum absolute atomic E-state index is 0.0249. The topological polar surface area (TPSA) is 102 Å². The van der Waals surface area contributed by atoms with Gasteiger partial charge in [0.15, 0.2) is 0 Å². The molecule has 34 heavy (non-hydrogen) atoms. The molecule has 3 aliphatic heterocycles. The van der Waals surface area contributed by atoms with Gasteiger partial charge in [-0.15, -0.1) is 11.8 Å². The second kappa shape index (κ2) is 9.70. The third-order valence-corrected chi connectivity index (χ3v) is 10.7. The Hall–Kier alpha value is -1.78. The Labute approximate surface area is 213 Å². The van der Waals surface area contributed by atoms with E-state index in [0.29, 0.717) is 12.1 Å². The van der Waals surface area contributed by atoms with E-state index in [4.69, 9.17) is 0 Å². The summed E-state index contributed by atoms with van der Waals surface area (Å²) in [5, 5.41) is 15.6. The largest absolute Gasteiger partial charge is 0.394 e. The van der Waals surface area contributed by atoms with Crippen molar-refractivity contribution in [1.82, 2.24) is 10.2 Å². The zero-order valence-electron chi connectivity index (χ0n) is 20.0. The van der Waals surface area contributed by atoms with E-state index in [0.717, 1.165) is 18.8 Å². The van der Waals surface area contributed by atoms with Crippen molar-refractivity contribution < 1.29 is 19.5 Å². The fourth-order valence-corrected chi connectivity index (χ4v) is 9.55. The van der Waals surface area contributed by atoms with Crippen molar-refractivity contribution in [2.75, 3.05) is 37.0 Å². The highest BCUT2D eigenvalue weighted by molar-refractivity contribution is 9.09. The summed E-state index contributed by atoms with van der Waals surface area (Å²) in [6.45, 7) is 7.46. The Balaban J connectivity index is 1.67. The number of carbonyl (C=O) groups excluding carboxylic acids is 3. The van der Waals surface area contributed by atoms with Gasteiger partial charge in [0.2, 0.25) is 17.7 Å². The Morgan fingerprint density at radius 1 is 1.26 bits per heavy atom. The lowest BCUT2D eigenvalue weighted by Gasteiger charge is -2.36. The number of alkyl halides is 1. The summed E-state index contributed by atoms with van der Waals surface area (Å²) < 4.78 is -0.720. The first kappa shape index (κ1) is 25.3. The first-order valence-corrected chi connectivity index (χ1v) is 13.7. The molecule has 2 bridgehead atoms. The maximum absolute atomic E-state index is 13.8. The number of rotatable bonds is 8. The standard InChI is InChI=1S/C24H33BrN4O4S/c1-5-28(6-2)15-9-7-14(8-10-15)27-22(32)20-24-11-16(25)19(34-24)17(21(31)26-4)18(24)23(33)29(20)13(3)12-30/h7-10,13,16-20,30H,5-6,11-12H2,1-4H3,(H,26,31)(H,27,32)/t13-,16?,17-,18+,19-,20?,24?/m1/s1. The summed E-state index contributed by atoms with van der Waals surface area (Å²) in [5.74, 6) is -1.78. The molecule has 0 aromatic heterocycles. The Kier molecular flexibility index (Phi) is 7.22. The predicted molar refractivity (Wildman–Crippen MR) is 138 cm³/mol. The van der Waals surface area contributed by atoms with E-state index >= 15 is 0 Å². The number of thioether (sulfide) groups is 1. The molecule has 3 amide bonds. The van der Waals surface area contributed by atoms with Gasteiger partial charge in [0, 0.05) is 41.6 Å². The van der Waals surface area contributed by atoms with Crippen molar-refractivity contribution in [3.8, 4) is 0 Å². The molecular weight excluding hydrogens is 520 g/mol. The number of anilines is 2. The minimum atomic E-state index is -0.778. The van der Waals surface area contributed by atoms with Crippen molar-refractivity contribution in [2.45, 2.75) is 54.1 Å². The number of hydrogen-bond acceptors (Lipinski definition) is 6. The highest BCUT2D eigenvalue weighted by Crippen LogP contribution is 2.67. The van der Waals surface area contributed by atoms with Gasteiger partial charge in [0.25, 0.3) is 0 Å². The predicted octanol–water partition coefficient (Wildman–Crippen LogP) is 2.06. The Bertz CT molecular complexity index is 959. The van der Waals surface area contributed by atoms with Crippen LogP contribution in [0.3, 0.4) is 0 Å². The zero-order valence-corrected chi connectivity index (χ0v) is 22.4. The number of amides is 3. The summed E-state index contributed by atoms with van der Waals surface area (Å²) in [7, 11) is 1.58. The highest BCUT2D eigenvalue weighted by Gasteiger charge is 2.75. The number of aliphatic hydroxyl groups is 1. The van der Waals surface area contributed by atoms with Crippen molar-refractivity contribution in [1.29, 1.82) is 0 Å². The van der Waals surface area contributed by atoms with E-state index in [-0.39, 0.29) is 34.4 Å². The fourth-order valence-electron chi connectivity index (χ4n) is 5.95. The van der Waals surface area contributed by atoms with Gasteiger partial charge < -0.3 is 25.5 Å². The van der Waals surface area contributed by atoms with E-state index < -0.39 is 28.7 Å². The van der Waals surface area contributed by atoms with Gasteiger partial charge in [-0.1, -0.05) is 15.9 Å². The van der Waals surface area contributed by atoms with Gasteiger partial charge >= 0.3 is 0 Å². The molecule has 3 fully saturated rings. The number of hydrogen-bond donors (Lipinski definition) is 3. The minimum Gasteiger partial charge on any atom is -0.394 e. The van der Waals surface area contributed by atoms with Gasteiger partial charge in [0.1, 0.15) is 6.04 Å². The number of likely N-dealkylation sites (tertiary alicyclic amines) is 1. The van der Waals surface area contributed by atoms with Gasteiger partial charge in [-0.3, -0.25) is 14.4 Å². The normalized spacial score (nSPS) is 32.5. The van der Waals surface area contributed by atoms with Gasteiger partial charge in [-0.05, 0) is 51.5 Å². The van der Waals surface area contributed by atoms with Gasteiger partial charge in [-0.25, -0.2) is 0 Å². The molecule has 7 atom stereocenters. The number of aliphatic hydroxyl groups excluding tert-OH is 1. The van der Waals surface area contributed by atoms with Crippen LogP contribution in [-0.2, 0) is 14.4 Å². The Morgan fingerprint density at radius 2 is 1.91 bits per heavy atom. The summed E-state index contributed by atoms with van der Waals surface area (Å²) >= 11 is 5.31. The molecule has 186 valence electrons. The molecular formula is C24H33BrN4O4S. The average Bonchev–Trinajstić information content (AvgIpc) is 3.43. The van der Waals surface area contributed by atoms with Crippen LogP contribution in [0.5, 0.6) is 0 Å². The maximum atomic E-state index is 13.8. The second-order valence-corrected chi connectivity index (χ2v) is 12.0. The van der Waals surface area contributed by atoms with Gasteiger partial charge in [0.05, 0.1) is 29.2 Å². The molecule has 0 saturated carbocycles. The highest BCUT2D eigenvalue weighted by atomic mass is 79.9. The van der Waals surface area contributed by atoms with Crippen molar-refractivity contribution in [3.05, 3.63) is 24.3 Å². The van der Waals surface area contributed by atoms with Crippen LogP contribution in [0.2, 0.25) is 0 Å². The van der Waals surface area contributed by atoms with Crippen LogP contribution in [0, 0.1) is 11.8 Å². The fraction of sp³-hybridized carbons (Fsp3) is 0.625. The SMILES string of the molecule is CCN(CC)c1ccc(NC(=O)C2N([C@H](C)CO)C(=O)[C@@H]3[C@@H](C(=O)NC)[C@@H]4SC23CC4Br)cc1. The summed E-state index contributed by atoms with van der Waals surface area (Å²) in [6.07, 6.45) is 0.611. The van der Waals surface area contributed by atoms with Crippen LogP contribution in [-0.4, -0.2) is 81.4 Å². The van der Waals surface area contributed by atoms with Crippen LogP contribution >= 0.6 is 27.7 Å². The van der Waals surface area contributed by atoms with E-state index in [1.807, 2.05) is 24.3 Å². The van der Waals surface area contributed by atoms with Crippen LogP contribution in [0.1, 0.15) is 27.2 Å². The van der Waals surface area contributed by atoms with Crippen LogP contribution in [0.25, 0.3) is 0 Å². The first-order valence-electron chi connectivity index (χ1n) is 11.9. The molecule has 0 radical (unpaired) electrons. The molecule has 3 saturated heterocycles. The summed E-state index contributed by atoms with van der Waals surface area (Å²) in [5.41, 5.74) is 1.73. The molecule has 8 nitrogen and oxygen atoms in total. The zero-order chi connectivity index (χ0) is 24.8. The third-order valence-electron chi connectivity index (χ3n) is 7.53. The van der Waals surface area contributed by atoms with Gasteiger partial charge in [-0.2, -0.15) is 0 Å². The number of nitrogens with one attached hydrogen (secondary N) is 2. The van der Waals surface area contributed by atoms with Crippen LogP contribution in [0.15, 0.2) is 24.3 Å². The number of carbonyl (C=O) groups is 3. The average molecular weight is 554 g/mol. The van der Waals surface area contributed by atoms with E-state index in [1.54, 1.807) is 25.7 Å². The monoisotopic (exact) mass is 552 g/mol. The number of benzene rings is 1. The lowest BCUT2D eigenvalue weighted by molar-refractivity contribution is -0.141. The molecule has 1 spiro atoms. The van der Waals surface area contributed by atoms with Crippen LogP contribution < -0.4 is 15.5 Å². The molecule has 1 aromatic carbocycles. The molecule has 0 aliphatic carbocycles. The van der Waals surface area contributed by atoms with Crippen molar-refractivity contribution in [2.24, 2.45) is 11.8 Å². The molecule has 3 heterocycles. The molecule has 3 unspecified atom stereocenters. The molecule has 3 aliphatic rings. The lowest BCUT2D eigenvalue weighted by atomic mass is 9.70. The summed E-state index contributed by atoms with van der Waals surface area (Å²) in [4.78, 5) is 44.0. The van der Waals surface area contributed by atoms with E-state index in [2.05, 4.69) is 45.3 Å². The first-order chi connectivity index (χ1) is 16.2. The van der Waals surface area contributed by atoms with Crippen LogP contribution in [0.4, 0.5) is 11.4 Å². The van der Waals surface area contributed by atoms with E-state index in [1.165, 1.54) is 4.90 Å². The Morgan fingerprint density at radius 3 is 2.47 bits per heavy atom. The van der Waals surface area contributed by atoms with Crippen molar-refractivity contribution in [3.63, 3.8) is 0 Å². The molecule has 3 N–H and O–H groups in total. The molecule has 1 aromatic rings. The second-order valence-electron chi connectivity index (χ2n) is 9.26. The molecule has 4 rings (SSSR count).